The van der Waals surface area contributed by atoms with Crippen LogP contribution < -0.4 is 15.0 Å². The molecular weight excluding hydrogens is 432 g/mol. The van der Waals surface area contributed by atoms with E-state index in [9.17, 15) is 0 Å². The van der Waals surface area contributed by atoms with Crippen LogP contribution in [-0.4, -0.2) is 21.8 Å². The number of nitrogens with zero attached hydrogens (tertiary/aromatic N) is 3. The number of aromatic nitrogens is 2. The minimum atomic E-state index is -0.110. The maximum Gasteiger partial charge on any atom is 0.174 e. The van der Waals surface area contributed by atoms with Gasteiger partial charge in [-0.15, -0.1) is 0 Å². The molecule has 33 heavy (non-hydrogen) atoms. The minimum absolute atomic E-state index is 0.0970. The number of furan rings is 1. The van der Waals surface area contributed by atoms with Gasteiger partial charge in [0.15, 0.2) is 5.11 Å². The lowest BCUT2D eigenvalue weighted by Crippen LogP contribution is -2.30. The molecule has 1 fully saturated rings. The highest BCUT2D eigenvalue weighted by Gasteiger charge is 2.43. The number of rotatable bonds is 6. The smallest absolute Gasteiger partial charge is 0.174 e. The van der Waals surface area contributed by atoms with E-state index in [1.54, 1.807) is 13.4 Å². The molecule has 0 aliphatic carbocycles. The van der Waals surface area contributed by atoms with Gasteiger partial charge in [-0.25, -0.2) is 0 Å². The van der Waals surface area contributed by atoms with Crippen molar-refractivity contribution in [1.82, 2.24) is 14.9 Å². The number of nitrogens with one attached hydrogen (secondary N) is 1. The number of thiocarbonyl (C=S) groups is 1. The van der Waals surface area contributed by atoms with E-state index >= 15 is 0 Å². The van der Waals surface area contributed by atoms with E-state index in [0.29, 0.717) is 11.7 Å². The molecule has 168 valence electrons. The van der Waals surface area contributed by atoms with Crippen LogP contribution in [-0.2, 0) is 6.54 Å². The Bertz CT molecular complexity index is 1270. The van der Waals surface area contributed by atoms with E-state index in [-0.39, 0.29) is 12.1 Å². The van der Waals surface area contributed by atoms with E-state index < -0.39 is 0 Å². The Morgan fingerprint density at radius 1 is 1.09 bits per heavy atom. The zero-order valence-corrected chi connectivity index (χ0v) is 19.7. The van der Waals surface area contributed by atoms with Crippen molar-refractivity contribution in [2.24, 2.45) is 0 Å². The van der Waals surface area contributed by atoms with Gasteiger partial charge in [0, 0.05) is 17.6 Å². The molecule has 3 aromatic heterocycles. The molecule has 0 spiro atoms. The van der Waals surface area contributed by atoms with Gasteiger partial charge >= 0.3 is 0 Å². The summed E-state index contributed by atoms with van der Waals surface area (Å²) in [6.45, 7) is 4.96. The fourth-order valence-corrected chi connectivity index (χ4v) is 5.03. The van der Waals surface area contributed by atoms with Gasteiger partial charge in [0.2, 0.25) is 0 Å². The van der Waals surface area contributed by atoms with E-state index in [4.69, 9.17) is 21.4 Å². The van der Waals surface area contributed by atoms with E-state index in [2.05, 4.69) is 39.7 Å². The standard InChI is InChI=1S/C26H26N4O2S/c1-17-15-20(18(2)29(17)16-19-9-8-14-32-19)25-24(21-10-6-7-13-27-21)28-26(33)30(25)22-11-4-5-12-23(22)31-3/h4-15,24-25H,16H2,1-3H3,(H,28,33). The highest BCUT2D eigenvalue weighted by atomic mass is 32.1. The first-order valence-corrected chi connectivity index (χ1v) is 11.3. The van der Waals surface area contributed by atoms with E-state index in [1.807, 2.05) is 60.8 Å². The molecule has 6 nitrogen and oxygen atoms in total. The highest BCUT2D eigenvalue weighted by molar-refractivity contribution is 7.80. The lowest BCUT2D eigenvalue weighted by atomic mass is 9.96. The van der Waals surface area contributed by atoms with Gasteiger partial charge in [-0.2, -0.15) is 0 Å². The molecule has 0 radical (unpaired) electrons. The number of hydrogen-bond acceptors (Lipinski definition) is 4. The molecule has 4 aromatic rings. The van der Waals surface area contributed by atoms with Crippen LogP contribution >= 0.6 is 12.2 Å². The number of ether oxygens (including phenoxy) is 1. The SMILES string of the molecule is COc1ccccc1N1C(=S)NC(c2ccccn2)C1c1cc(C)n(Cc2ccco2)c1C. The fourth-order valence-electron chi connectivity index (χ4n) is 4.69. The molecule has 0 saturated carbocycles. The summed E-state index contributed by atoms with van der Waals surface area (Å²) in [7, 11) is 1.69. The second-order valence-electron chi connectivity index (χ2n) is 8.16. The summed E-state index contributed by atoms with van der Waals surface area (Å²) in [5.41, 5.74) is 5.39. The molecule has 0 bridgehead atoms. The molecular formula is C26H26N4O2S. The molecule has 2 atom stereocenters. The Morgan fingerprint density at radius 2 is 1.91 bits per heavy atom. The van der Waals surface area contributed by atoms with Crippen LogP contribution in [0, 0.1) is 13.8 Å². The van der Waals surface area contributed by atoms with Crippen LogP contribution in [0.5, 0.6) is 5.75 Å². The minimum Gasteiger partial charge on any atom is -0.495 e. The van der Waals surface area contributed by atoms with Crippen molar-refractivity contribution >= 4 is 23.0 Å². The molecule has 1 N–H and O–H groups in total. The van der Waals surface area contributed by atoms with E-state index in [1.165, 1.54) is 11.3 Å². The number of anilines is 1. The monoisotopic (exact) mass is 458 g/mol. The molecule has 2 unspecified atom stereocenters. The van der Waals surface area contributed by atoms with Crippen LogP contribution in [0.25, 0.3) is 0 Å². The number of pyridine rings is 1. The maximum atomic E-state index is 5.87. The van der Waals surface area contributed by atoms with Crippen molar-refractivity contribution in [1.29, 1.82) is 0 Å². The molecule has 0 amide bonds. The number of methoxy groups -OCH3 is 1. The average Bonchev–Trinajstić information content (AvgIpc) is 3.54. The summed E-state index contributed by atoms with van der Waals surface area (Å²) < 4.78 is 13.6. The van der Waals surface area contributed by atoms with Crippen molar-refractivity contribution < 1.29 is 9.15 Å². The summed E-state index contributed by atoms with van der Waals surface area (Å²) in [5.74, 6) is 1.70. The highest BCUT2D eigenvalue weighted by Crippen LogP contribution is 2.45. The Kier molecular flexibility index (Phi) is 5.64. The summed E-state index contributed by atoms with van der Waals surface area (Å²) in [6, 6.07) is 19.9. The summed E-state index contributed by atoms with van der Waals surface area (Å²) in [6.07, 6.45) is 3.54. The van der Waals surface area contributed by atoms with Crippen LogP contribution in [0.4, 0.5) is 5.69 Å². The second kappa shape index (κ2) is 8.75. The molecule has 4 heterocycles. The molecule has 1 aromatic carbocycles. The van der Waals surface area contributed by atoms with Crippen molar-refractivity contribution in [3.05, 3.63) is 102 Å². The quantitative estimate of drug-likeness (QED) is 0.394. The van der Waals surface area contributed by atoms with Gasteiger partial charge in [-0.05, 0) is 74.1 Å². The van der Waals surface area contributed by atoms with Crippen LogP contribution in [0.1, 0.15) is 40.5 Å². The third kappa shape index (κ3) is 3.78. The first-order chi connectivity index (χ1) is 16.1. The summed E-state index contributed by atoms with van der Waals surface area (Å²) >= 11 is 5.87. The van der Waals surface area contributed by atoms with Gasteiger partial charge in [-0.3, -0.25) is 4.98 Å². The average molecular weight is 459 g/mol. The van der Waals surface area contributed by atoms with Crippen LogP contribution in [0.3, 0.4) is 0 Å². The molecule has 1 saturated heterocycles. The van der Waals surface area contributed by atoms with Gasteiger partial charge in [0.1, 0.15) is 11.5 Å². The van der Waals surface area contributed by atoms with Crippen LogP contribution in [0.15, 0.2) is 77.5 Å². The van der Waals surface area contributed by atoms with Gasteiger partial charge in [0.05, 0.1) is 43.4 Å². The zero-order chi connectivity index (χ0) is 22.9. The predicted molar refractivity (Wildman–Crippen MR) is 133 cm³/mol. The number of aryl methyl sites for hydroxylation is 1. The zero-order valence-electron chi connectivity index (χ0n) is 18.9. The first-order valence-electron chi connectivity index (χ1n) is 10.9. The van der Waals surface area contributed by atoms with Crippen molar-refractivity contribution in [3.8, 4) is 5.75 Å². The Morgan fingerprint density at radius 3 is 2.64 bits per heavy atom. The number of para-hydroxylation sites is 2. The predicted octanol–water partition coefficient (Wildman–Crippen LogP) is 5.33. The van der Waals surface area contributed by atoms with Gasteiger partial charge in [-0.1, -0.05) is 18.2 Å². The van der Waals surface area contributed by atoms with Crippen molar-refractivity contribution in [2.45, 2.75) is 32.5 Å². The fraction of sp³-hybridized carbons (Fsp3) is 0.231. The molecule has 1 aliphatic rings. The Labute approximate surface area is 198 Å². The Balaban J connectivity index is 1.65. The third-order valence-electron chi connectivity index (χ3n) is 6.27. The lowest BCUT2D eigenvalue weighted by molar-refractivity contribution is 0.414. The van der Waals surface area contributed by atoms with Crippen molar-refractivity contribution in [3.63, 3.8) is 0 Å². The molecule has 1 aliphatic heterocycles. The van der Waals surface area contributed by atoms with Crippen LogP contribution in [0.2, 0.25) is 0 Å². The van der Waals surface area contributed by atoms with Gasteiger partial charge < -0.3 is 23.9 Å². The third-order valence-corrected chi connectivity index (χ3v) is 6.58. The topological polar surface area (TPSA) is 55.5 Å². The molecule has 7 heteroatoms. The van der Waals surface area contributed by atoms with Gasteiger partial charge in [0.25, 0.3) is 0 Å². The number of hydrogen-bond donors (Lipinski definition) is 1. The second-order valence-corrected chi connectivity index (χ2v) is 8.55. The molecule has 5 rings (SSSR count). The normalized spacial score (nSPS) is 17.9. The summed E-state index contributed by atoms with van der Waals surface area (Å²) in [5, 5.41) is 4.18. The van der Waals surface area contributed by atoms with E-state index in [0.717, 1.165) is 28.6 Å². The Hall–Kier alpha value is -3.58. The lowest BCUT2D eigenvalue weighted by Gasteiger charge is -2.29. The van der Waals surface area contributed by atoms with Crippen molar-refractivity contribution in [2.75, 3.05) is 12.0 Å². The largest absolute Gasteiger partial charge is 0.495 e. The first kappa shape index (κ1) is 21.3. The maximum absolute atomic E-state index is 5.87. The number of benzene rings is 1. The summed E-state index contributed by atoms with van der Waals surface area (Å²) in [4.78, 5) is 6.82.